The van der Waals surface area contributed by atoms with Crippen LogP contribution in [-0.4, -0.2) is 61.0 Å². The van der Waals surface area contributed by atoms with E-state index in [4.69, 9.17) is 15.6 Å². The Kier molecular flexibility index (Phi) is 8.31. The number of carbonyl (C=O) groups is 2. The van der Waals surface area contributed by atoms with Gasteiger partial charge in [-0.25, -0.2) is 23.4 Å². The van der Waals surface area contributed by atoms with Gasteiger partial charge in [0.1, 0.15) is 18.0 Å². The Hall–Kier alpha value is -4.44. The molecule has 1 fully saturated rings. The summed E-state index contributed by atoms with van der Waals surface area (Å²) in [5.41, 5.74) is 6.57. The molecule has 4 aromatic rings. The van der Waals surface area contributed by atoms with Crippen molar-refractivity contribution < 1.29 is 36.6 Å². The van der Waals surface area contributed by atoms with Crippen molar-refractivity contribution in [3.63, 3.8) is 0 Å². The van der Waals surface area contributed by atoms with Gasteiger partial charge in [-0.3, -0.25) is 9.36 Å². The molecule has 5 rings (SSSR count). The fourth-order valence-corrected chi connectivity index (χ4v) is 5.08. The van der Waals surface area contributed by atoms with Crippen molar-refractivity contribution in [2.75, 3.05) is 18.0 Å². The van der Waals surface area contributed by atoms with Gasteiger partial charge in [-0.2, -0.15) is 23.0 Å². The van der Waals surface area contributed by atoms with Crippen molar-refractivity contribution in [1.29, 1.82) is 0 Å². The van der Waals surface area contributed by atoms with Crippen LogP contribution in [0, 0.1) is 18.6 Å². The molecule has 222 valence electrons. The molecule has 0 unspecified atom stereocenters. The van der Waals surface area contributed by atoms with Gasteiger partial charge in [-0.15, -0.1) is 0 Å². The van der Waals surface area contributed by atoms with Gasteiger partial charge in [0.2, 0.25) is 5.78 Å². The monoisotopic (exact) mass is 610 g/mol. The molecule has 0 atom stereocenters. The van der Waals surface area contributed by atoms with E-state index in [0.29, 0.717) is 34.9 Å². The van der Waals surface area contributed by atoms with E-state index >= 15 is 0 Å². The molecule has 3 N–H and O–H groups in total. The molecule has 16 heteroatoms. The Balaban J connectivity index is 0.000000517. The third kappa shape index (κ3) is 6.54. The Morgan fingerprint density at radius 3 is 2.19 bits per heavy atom. The van der Waals surface area contributed by atoms with Crippen LogP contribution in [0.15, 0.2) is 53.6 Å². The first-order valence-electron chi connectivity index (χ1n) is 12.1. The lowest BCUT2D eigenvalue weighted by atomic mass is 9.95. The topological polar surface area (TPSA) is 136 Å². The second kappa shape index (κ2) is 11.4. The highest BCUT2D eigenvalue weighted by Gasteiger charge is 2.38. The highest BCUT2D eigenvalue weighted by Crippen LogP contribution is 2.33. The number of anilines is 1. The van der Waals surface area contributed by atoms with Crippen molar-refractivity contribution >= 4 is 28.2 Å². The molecule has 0 spiro atoms. The van der Waals surface area contributed by atoms with Crippen molar-refractivity contribution in [3.8, 4) is 5.69 Å². The van der Waals surface area contributed by atoms with Crippen LogP contribution in [0.5, 0.6) is 0 Å². The summed E-state index contributed by atoms with van der Waals surface area (Å²) in [5, 5.41) is 11.9. The number of aliphatic carboxylic acids is 1. The number of hydrogen-bond donors (Lipinski definition) is 2. The maximum absolute atomic E-state index is 14.0. The summed E-state index contributed by atoms with van der Waals surface area (Å²) in [6.07, 6.45) is -3.86. The van der Waals surface area contributed by atoms with Crippen LogP contribution >= 0.6 is 11.3 Å². The number of carboxylic acid groups (broad SMARTS) is 1. The number of nitrogens with zero attached hydrogens (tertiary/aromatic N) is 5. The van der Waals surface area contributed by atoms with E-state index in [1.54, 1.807) is 31.2 Å². The number of nitrogens with two attached hydrogens (primary N) is 1. The second-order valence-electron chi connectivity index (χ2n) is 9.75. The quantitative estimate of drug-likeness (QED) is 0.250. The minimum absolute atomic E-state index is 0.165. The number of alkyl halides is 3. The van der Waals surface area contributed by atoms with Crippen LogP contribution in [0.2, 0.25) is 0 Å². The first kappa shape index (κ1) is 30.5. The Morgan fingerprint density at radius 2 is 1.67 bits per heavy atom. The molecule has 0 radical (unpaired) electrons. The van der Waals surface area contributed by atoms with E-state index < -0.39 is 29.5 Å². The zero-order valence-electron chi connectivity index (χ0n) is 22.0. The van der Waals surface area contributed by atoms with Crippen molar-refractivity contribution in [2.24, 2.45) is 5.73 Å². The first-order chi connectivity index (χ1) is 19.6. The molecule has 1 aliphatic rings. The smallest absolute Gasteiger partial charge is 0.475 e. The van der Waals surface area contributed by atoms with E-state index in [1.807, 2.05) is 11.8 Å². The number of carbonyl (C=O) groups excluding carboxylic acids is 1. The zero-order chi connectivity index (χ0) is 31.0. The summed E-state index contributed by atoms with van der Waals surface area (Å²) >= 11 is 1.33. The fraction of sp³-hybridized carbons (Fsp3) is 0.269. The van der Waals surface area contributed by atoms with Gasteiger partial charge < -0.3 is 15.7 Å². The number of rotatable bonds is 6. The minimum atomic E-state index is -5.08. The maximum atomic E-state index is 14.0. The molecule has 42 heavy (non-hydrogen) atoms. The predicted octanol–water partition coefficient (Wildman–Crippen LogP) is 3.53. The number of ketones is 1. The van der Waals surface area contributed by atoms with Crippen molar-refractivity contribution in [2.45, 2.75) is 32.1 Å². The lowest BCUT2D eigenvalue weighted by molar-refractivity contribution is -0.192. The fourth-order valence-electron chi connectivity index (χ4n) is 4.05. The number of aryl methyl sites for hydroxylation is 1. The van der Waals surface area contributed by atoms with E-state index in [-0.39, 0.29) is 23.4 Å². The maximum Gasteiger partial charge on any atom is 0.490 e. The number of thiazole rings is 1. The van der Waals surface area contributed by atoms with Gasteiger partial charge in [0, 0.05) is 29.8 Å². The number of hydrogen-bond acceptors (Lipinski definition) is 8. The van der Waals surface area contributed by atoms with Crippen molar-refractivity contribution in [1.82, 2.24) is 19.3 Å². The second-order valence-corrected chi connectivity index (χ2v) is 10.7. The molecule has 2 aromatic heterocycles. The molecule has 0 saturated carbocycles. The summed E-state index contributed by atoms with van der Waals surface area (Å²) in [4.78, 5) is 41.9. The van der Waals surface area contributed by atoms with Crippen LogP contribution in [-0.2, 0) is 11.3 Å². The molecule has 3 heterocycles. The third-order valence-electron chi connectivity index (χ3n) is 6.11. The van der Waals surface area contributed by atoms with E-state index in [1.165, 1.54) is 23.7 Å². The summed E-state index contributed by atoms with van der Waals surface area (Å²) in [5.74, 6) is -4.39. The summed E-state index contributed by atoms with van der Waals surface area (Å²) in [7, 11) is 0. The van der Waals surface area contributed by atoms with Crippen LogP contribution in [0.25, 0.3) is 5.69 Å². The molecular weight excluding hydrogens is 587 g/mol. The molecule has 0 amide bonds. The lowest BCUT2D eigenvalue weighted by Gasteiger charge is -2.45. The summed E-state index contributed by atoms with van der Waals surface area (Å²) < 4.78 is 61.9. The van der Waals surface area contributed by atoms with Gasteiger partial charge in [0.25, 0.3) is 0 Å². The van der Waals surface area contributed by atoms with Gasteiger partial charge in [0.05, 0.1) is 22.8 Å². The first-order valence-corrected chi connectivity index (χ1v) is 12.9. The number of aromatic nitrogens is 4. The van der Waals surface area contributed by atoms with Gasteiger partial charge in [0.15, 0.2) is 5.13 Å². The van der Waals surface area contributed by atoms with Crippen LogP contribution < -0.4 is 16.3 Å². The number of halogens is 5. The van der Waals surface area contributed by atoms with Crippen molar-refractivity contribution in [3.05, 3.63) is 92.6 Å². The SMILES string of the molecule is Cc1nc(N2CC(C)(N)C2)sc1C(=O)c1ccc(-n2ncn(Cc3c(F)cccc3F)c2=O)cc1.O=C(O)C(F)(F)F. The zero-order valence-corrected chi connectivity index (χ0v) is 22.8. The molecule has 0 bridgehead atoms. The molecule has 2 aromatic carbocycles. The Bertz CT molecular complexity index is 1670. The highest BCUT2D eigenvalue weighted by atomic mass is 32.1. The van der Waals surface area contributed by atoms with Gasteiger partial charge >= 0.3 is 17.8 Å². The average Bonchev–Trinajstić information content (AvgIpc) is 3.46. The number of carboxylic acids is 1. The van der Waals surface area contributed by atoms with Crippen LogP contribution in [0.3, 0.4) is 0 Å². The standard InChI is InChI=1S/C24H22F2N6O2S.C2HF3O2/c1-14-21(35-22(29-14)31-11-24(2,27)12-31)20(33)15-6-8-16(9-7-15)32-23(34)30(13-28-32)10-17-18(25)4-3-5-19(17)26;3-2(4,5)1(6)7/h3-9,13H,10-12,27H2,1-2H3;(H,6,7). The molecular formula is C26H23F5N6O4S. The van der Waals surface area contributed by atoms with Crippen LogP contribution in [0.1, 0.15) is 33.4 Å². The van der Waals surface area contributed by atoms with E-state index in [0.717, 1.165) is 26.5 Å². The molecule has 1 saturated heterocycles. The summed E-state index contributed by atoms with van der Waals surface area (Å²) in [6.45, 7) is 4.86. The third-order valence-corrected chi connectivity index (χ3v) is 7.32. The summed E-state index contributed by atoms with van der Waals surface area (Å²) in [6, 6.07) is 9.95. The lowest BCUT2D eigenvalue weighted by Crippen LogP contribution is -2.65. The van der Waals surface area contributed by atoms with Gasteiger partial charge in [-0.05, 0) is 50.2 Å². The molecule has 0 aliphatic carbocycles. The highest BCUT2D eigenvalue weighted by molar-refractivity contribution is 7.17. The van der Waals surface area contributed by atoms with Crippen LogP contribution in [0.4, 0.5) is 27.1 Å². The predicted molar refractivity (Wildman–Crippen MR) is 142 cm³/mol. The Labute approximate surface area is 238 Å². The van der Waals surface area contributed by atoms with E-state index in [2.05, 4.69) is 10.1 Å². The molecule has 1 aliphatic heterocycles. The van der Waals surface area contributed by atoms with E-state index in [9.17, 15) is 31.5 Å². The average molecular weight is 611 g/mol. The largest absolute Gasteiger partial charge is 0.490 e. The number of benzene rings is 2. The normalized spacial score (nSPS) is 14.1. The molecule has 10 nitrogen and oxygen atoms in total. The Morgan fingerprint density at radius 1 is 1.10 bits per heavy atom. The minimum Gasteiger partial charge on any atom is -0.475 e. The van der Waals surface area contributed by atoms with Gasteiger partial charge in [-0.1, -0.05) is 17.4 Å².